The monoisotopic (exact) mass is 572 g/mol. The average Bonchev–Trinajstić information content (AvgIpc) is 3.57. The number of carbonyl (C=O) groups is 3. The number of benzene rings is 3. The Morgan fingerprint density at radius 1 is 0.860 bits per heavy atom. The van der Waals surface area contributed by atoms with Gasteiger partial charge in [0.05, 0.1) is 5.69 Å². The molecule has 214 valence electrons. The van der Waals surface area contributed by atoms with Crippen molar-refractivity contribution in [2.24, 2.45) is 5.92 Å². The topological polar surface area (TPSA) is 123 Å². The van der Waals surface area contributed by atoms with Crippen molar-refractivity contribution < 1.29 is 24.2 Å². The lowest BCUT2D eigenvalue weighted by Crippen LogP contribution is -2.34. The molecule has 0 bridgehead atoms. The van der Waals surface area contributed by atoms with E-state index in [-0.39, 0.29) is 24.8 Å². The van der Waals surface area contributed by atoms with E-state index in [1.807, 2.05) is 66.7 Å². The van der Waals surface area contributed by atoms with Crippen molar-refractivity contribution in [1.82, 2.24) is 14.8 Å². The number of hydrogen-bond acceptors (Lipinski definition) is 6. The lowest BCUT2D eigenvalue weighted by Gasteiger charge is -2.19. The van der Waals surface area contributed by atoms with Crippen molar-refractivity contribution in [3.05, 3.63) is 126 Å². The second kappa shape index (κ2) is 12.1. The Morgan fingerprint density at radius 3 is 2.14 bits per heavy atom. The van der Waals surface area contributed by atoms with Gasteiger partial charge in [-0.1, -0.05) is 78.9 Å². The number of aromatic nitrogens is 3. The van der Waals surface area contributed by atoms with E-state index in [2.05, 4.69) is 27.5 Å². The molecule has 9 heteroatoms. The molecule has 0 radical (unpaired) electrons. The number of ether oxygens (including phenoxy) is 1. The molecule has 6 rings (SSSR count). The second-order valence-corrected chi connectivity index (χ2v) is 10.3. The van der Waals surface area contributed by atoms with Gasteiger partial charge in [0.2, 0.25) is 5.91 Å². The summed E-state index contributed by atoms with van der Waals surface area (Å²) in [6.45, 7) is -0.399. The van der Waals surface area contributed by atoms with Crippen molar-refractivity contribution in [1.29, 1.82) is 0 Å². The van der Waals surface area contributed by atoms with Gasteiger partial charge in [0.1, 0.15) is 24.9 Å². The maximum absolute atomic E-state index is 13.7. The van der Waals surface area contributed by atoms with Gasteiger partial charge >= 0.3 is 11.9 Å². The highest BCUT2D eigenvalue weighted by molar-refractivity contribution is 6.05. The van der Waals surface area contributed by atoms with Crippen LogP contribution in [0.15, 0.2) is 109 Å². The first-order chi connectivity index (χ1) is 21.0. The standard InChI is InChI=1S/C34H28N4O5/c39-32(40)20-38-31(19-30(37-38)23-14-16-35-17-15-23)36-33(41)28(18-22-8-2-1-3-9-22)34(42)43-21-29-26-12-6-4-10-24(26)25-11-5-7-13-27(25)29/h1-17,19,28-29H,18,20-21H2,(H,36,41)(H,39,40). The predicted octanol–water partition coefficient (Wildman–Crippen LogP) is 5.18. The van der Waals surface area contributed by atoms with Crippen molar-refractivity contribution in [2.45, 2.75) is 18.9 Å². The van der Waals surface area contributed by atoms with Crippen molar-refractivity contribution >= 4 is 23.7 Å². The van der Waals surface area contributed by atoms with Gasteiger partial charge in [-0.3, -0.25) is 19.4 Å². The van der Waals surface area contributed by atoms with E-state index < -0.39 is 30.3 Å². The normalized spacial score (nSPS) is 12.7. The van der Waals surface area contributed by atoms with Crippen LogP contribution in [0, 0.1) is 5.92 Å². The van der Waals surface area contributed by atoms with E-state index in [1.165, 1.54) is 4.68 Å². The first-order valence-corrected chi connectivity index (χ1v) is 13.9. The van der Waals surface area contributed by atoms with Crippen LogP contribution in [0.1, 0.15) is 22.6 Å². The molecule has 43 heavy (non-hydrogen) atoms. The summed E-state index contributed by atoms with van der Waals surface area (Å²) < 4.78 is 7.07. The highest BCUT2D eigenvalue weighted by Crippen LogP contribution is 2.44. The number of rotatable bonds is 10. The molecule has 5 aromatic rings. The molecule has 2 N–H and O–H groups in total. The number of anilines is 1. The van der Waals surface area contributed by atoms with Crippen LogP contribution in [0.4, 0.5) is 5.82 Å². The summed E-state index contributed by atoms with van der Waals surface area (Å²) in [6.07, 6.45) is 3.29. The summed E-state index contributed by atoms with van der Waals surface area (Å²) in [4.78, 5) is 42.9. The maximum atomic E-state index is 13.7. The van der Waals surface area contributed by atoms with E-state index in [0.717, 1.165) is 27.8 Å². The van der Waals surface area contributed by atoms with Crippen molar-refractivity contribution in [3.8, 4) is 22.4 Å². The number of pyridine rings is 1. The molecule has 1 atom stereocenters. The van der Waals surface area contributed by atoms with Crippen LogP contribution in [0.25, 0.3) is 22.4 Å². The molecule has 2 heterocycles. The number of esters is 1. The zero-order valence-corrected chi connectivity index (χ0v) is 23.1. The number of amides is 1. The molecule has 0 fully saturated rings. The first kappa shape index (κ1) is 27.6. The van der Waals surface area contributed by atoms with Gasteiger partial charge in [-0.2, -0.15) is 5.10 Å². The molecular weight excluding hydrogens is 544 g/mol. The highest BCUT2D eigenvalue weighted by atomic mass is 16.5. The molecule has 0 aliphatic heterocycles. The lowest BCUT2D eigenvalue weighted by molar-refractivity contribution is -0.151. The van der Waals surface area contributed by atoms with Crippen molar-refractivity contribution in [3.63, 3.8) is 0 Å². The molecule has 1 amide bonds. The predicted molar refractivity (Wildman–Crippen MR) is 160 cm³/mol. The molecule has 2 aromatic heterocycles. The van der Waals surface area contributed by atoms with E-state index in [4.69, 9.17) is 4.74 Å². The summed E-state index contributed by atoms with van der Waals surface area (Å²) in [6, 6.07) is 30.3. The Morgan fingerprint density at radius 2 is 1.49 bits per heavy atom. The highest BCUT2D eigenvalue weighted by Gasteiger charge is 2.33. The molecule has 0 saturated heterocycles. The minimum absolute atomic E-state index is 0.0779. The van der Waals surface area contributed by atoms with Crippen LogP contribution in [0.5, 0.6) is 0 Å². The van der Waals surface area contributed by atoms with Crippen LogP contribution in [-0.4, -0.2) is 44.3 Å². The van der Waals surface area contributed by atoms with Crippen LogP contribution < -0.4 is 5.32 Å². The molecule has 0 spiro atoms. The van der Waals surface area contributed by atoms with Gasteiger partial charge in [0.15, 0.2) is 0 Å². The average molecular weight is 573 g/mol. The van der Waals surface area contributed by atoms with Gasteiger partial charge in [0, 0.05) is 29.9 Å². The van der Waals surface area contributed by atoms with E-state index >= 15 is 0 Å². The van der Waals surface area contributed by atoms with E-state index in [0.29, 0.717) is 11.3 Å². The molecule has 1 unspecified atom stereocenters. The zero-order chi connectivity index (χ0) is 29.8. The number of carboxylic acid groups (broad SMARTS) is 1. The Labute approximate surface area is 247 Å². The smallest absolute Gasteiger partial charge is 0.325 e. The summed E-state index contributed by atoms with van der Waals surface area (Å²) in [7, 11) is 0. The fraction of sp³-hybridized carbons (Fsp3) is 0.147. The molecule has 1 aliphatic rings. The Hall–Kier alpha value is -5.57. The maximum Gasteiger partial charge on any atom is 0.325 e. The van der Waals surface area contributed by atoms with Gasteiger partial charge in [-0.25, -0.2) is 4.68 Å². The number of nitrogens with zero attached hydrogens (tertiary/aromatic N) is 3. The summed E-state index contributed by atoms with van der Waals surface area (Å²) >= 11 is 0. The number of nitrogens with one attached hydrogen (secondary N) is 1. The van der Waals surface area contributed by atoms with Gasteiger partial charge in [0.25, 0.3) is 0 Å². The minimum atomic E-state index is -1.19. The fourth-order valence-corrected chi connectivity index (χ4v) is 5.48. The largest absolute Gasteiger partial charge is 0.480 e. The third-order valence-corrected chi connectivity index (χ3v) is 7.53. The fourth-order valence-electron chi connectivity index (χ4n) is 5.48. The van der Waals surface area contributed by atoms with Crippen molar-refractivity contribution in [2.75, 3.05) is 11.9 Å². The molecular formula is C34H28N4O5. The number of carbonyl (C=O) groups excluding carboxylic acids is 2. The van der Waals surface area contributed by atoms with E-state index in [9.17, 15) is 19.5 Å². The first-order valence-electron chi connectivity index (χ1n) is 13.9. The number of hydrogen-bond donors (Lipinski definition) is 2. The number of carboxylic acids is 1. The SMILES string of the molecule is O=C(O)Cn1nc(-c2ccncc2)cc1NC(=O)C(Cc1ccccc1)C(=O)OCC1c2ccccc2-c2ccccc21. The van der Waals surface area contributed by atoms with Gasteiger partial charge in [-0.05, 0) is 46.4 Å². The van der Waals surface area contributed by atoms with Crippen LogP contribution in [0.2, 0.25) is 0 Å². The third-order valence-electron chi connectivity index (χ3n) is 7.53. The molecule has 9 nitrogen and oxygen atoms in total. The summed E-state index contributed by atoms with van der Waals surface area (Å²) in [5.41, 5.74) is 6.30. The van der Waals surface area contributed by atoms with E-state index in [1.54, 1.807) is 30.6 Å². The minimum Gasteiger partial charge on any atom is -0.480 e. The summed E-state index contributed by atoms with van der Waals surface area (Å²) in [5, 5.41) is 16.6. The number of aliphatic carboxylic acids is 1. The van der Waals surface area contributed by atoms with Crippen LogP contribution in [-0.2, 0) is 32.1 Å². The molecule has 3 aromatic carbocycles. The Bertz CT molecular complexity index is 1740. The Balaban J connectivity index is 1.25. The van der Waals surface area contributed by atoms with Gasteiger partial charge in [-0.15, -0.1) is 0 Å². The summed E-state index contributed by atoms with van der Waals surface area (Å²) in [5.74, 6) is -3.60. The molecule has 0 saturated carbocycles. The zero-order valence-electron chi connectivity index (χ0n) is 23.1. The molecule has 1 aliphatic carbocycles. The third kappa shape index (κ3) is 5.92. The lowest BCUT2D eigenvalue weighted by atomic mass is 9.97. The quantitative estimate of drug-likeness (QED) is 0.175. The van der Waals surface area contributed by atoms with Gasteiger partial charge < -0.3 is 15.2 Å². The van der Waals surface area contributed by atoms with Crippen LogP contribution >= 0.6 is 0 Å². The van der Waals surface area contributed by atoms with Crippen LogP contribution in [0.3, 0.4) is 0 Å². The Kier molecular flexibility index (Phi) is 7.78. The second-order valence-electron chi connectivity index (χ2n) is 10.3. The number of fused-ring (bicyclic) bond motifs is 3.